The van der Waals surface area contributed by atoms with Gasteiger partial charge < -0.3 is 4.74 Å². The lowest BCUT2D eigenvalue weighted by molar-refractivity contribution is 0.483. The van der Waals surface area contributed by atoms with Crippen molar-refractivity contribution in [2.75, 3.05) is 0 Å². The summed E-state index contributed by atoms with van der Waals surface area (Å²) in [7, 11) is 0. The van der Waals surface area contributed by atoms with Gasteiger partial charge in [0.2, 0.25) is 0 Å². The summed E-state index contributed by atoms with van der Waals surface area (Å²) in [6.45, 7) is 0. The Balaban J connectivity index is 1.06. The number of hydrogen-bond donors (Lipinski definition) is 0. The van der Waals surface area contributed by atoms with E-state index in [9.17, 15) is 10.5 Å². The fraction of sp³-hybridized carbons (Fsp3) is 0.0400. The van der Waals surface area contributed by atoms with Crippen molar-refractivity contribution in [3.05, 3.63) is 210 Å². The van der Waals surface area contributed by atoms with Crippen molar-refractivity contribution in [3.63, 3.8) is 0 Å². The third-order valence-corrected chi connectivity index (χ3v) is 9.53. The number of aliphatic imine (C=N–C) groups is 2. The zero-order valence-corrected chi connectivity index (χ0v) is 29.9. The van der Waals surface area contributed by atoms with Gasteiger partial charge in [0.25, 0.3) is 0 Å². The van der Waals surface area contributed by atoms with Crippen LogP contribution in [0.15, 0.2) is 192 Å². The first-order valence-electron chi connectivity index (χ1n) is 18.1. The SMILES string of the molecule is N#Cc1ccc(-c2cc(-c3ccc(C#N)cc3)cc(-c3ccc(Oc4ccc(C5=N/C(c6ccccc6)=C\CCC(c6ccccc6)=N5)cc4)cc3)c2)cc1. The Labute approximate surface area is 321 Å². The van der Waals surface area contributed by atoms with E-state index in [1.807, 2.05) is 121 Å². The van der Waals surface area contributed by atoms with E-state index < -0.39 is 0 Å². The summed E-state index contributed by atoms with van der Waals surface area (Å²) in [6, 6.07) is 62.6. The Hall–Kier alpha value is -7.60. The molecule has 1 aliphatic heterocycles. The molecule has 5 nitrogen and oxygen atoms in total. The molecule has 0 amide bonds. The van der Waals surface area contributed by atoms with Gasteiger partial charge in [-0.2, -0.15) is 10.5 Å². The van der Waals surface area contributed by atoms with Gasteiger partial charge in [-0.1, -0.05) is 103 Å². The molecule has 0 fully saturated rings. The third-order valence-electron chi connectivity index (χ3n) is 9.53. The highest BCUT2D eigenvalue weighted by molar-refractivity contribution is 6.14. The van der Waals surface area contributed by atoms with Crippen molar-refractivity contribution in [3.8, 4) is 57.0 Å². The number of hydrogen-bond acceptors (Lipinski definition) is 5. The maximum atomic E-state index is 9.32. The van der Waals surface area contributed by atoms with Gasteiger partial charge in [0.1, 0.15) is 11.5 Å². The van der Waals surface area contributed by atoms with Gasteiger partial charge in [-0.05, 0) is 136 Å². The van der Waals surface area contributed by atoms with E-state index >= 15 is 0 Å². The van der Waals surface area contributed by atoms with Crippen LogP contribution in [0.5, 0.6) is 11.5 Å². The van der Waals surface area contributed by atoms with E-state index in [0.29, 0.717) is 28.5 Å². The first-order chi connectivity index (χ1) is 27.1. The van der Waals surface area contributed by atoms with E-state index in [4.69, 9.17) is 14.7 Å². The molecule has 0 saturated carbocycles. The molecular weight excluding hydrogens is 673 g/mol. The molecule has 7 aromatic rings. The van der Waals surface area contributed by atoms with E-state index in [0.717, 1.165) is 74.3 Å². The molecule has 7 aromatic carbocycles. The molecule has 0 atom stereocenters. The highest BCUT2D eigenvalue weighted by Crippen LogP contribution is 2.35. The standard InChI is InChI=1S/C50H34N4O/c51-33-35-14-18-37(19-15-35)43-30-44(38-20-16-36(34-52)17-21-38)32-45(31-43)39-22-26-46(27-23-39)55-47-28-24-42(25-29-47)50-53-48(40-8-3-1-4-9-40)12-7-13-49(54-50)41-10-5-2-6-11-41/h1-6,8-12,14-32H,7,13H2/b48-12-,53-50?,54-49?. The summed E-state index contributed by atoms with van der Waals surface area (Å²) in [4.78, 5) is 10.2. The van der Waals surface area contributed by atoms with E-state index in [2.05, 4.69) is 72.8 Å². The molecule has 0 bridgehead atoms. The highest BCUT2D eigenvalue weighted by atomic mass is 16.5. The molecule has 8 rings (SSSR count). The normalized spacial score (nSPS) is 13.5. The molecule has 1 heterocycles. The Morgan fingerprint density at radius 3 is 1.33 bits per heavy atom. The van der Waals surface area contributed by atoms with Gasteiger partial charge in [0.15, 0.2) is 5.84 Å². The lowest BCUT2D eigenvalue weighted by Crippen LogP contribution is -2.09. The number of nitrogens with zero attached hydrogens (tertiary/aromatic N) is 4. The van der Waals surface area contributed by atoms with Crippen LogP contribution in [0.1, 0.15) is 40.7 Å². The van der Waals surface area contributed by atoms with Gasteiger partial charge in [-0.15, -0.1) is 0 Å². The van der Waals surface area contributed by atoms with Crippen molar-refractivity contribution >= 4 is 17.2 Å². The summed E-state index contributed by atoms with van der Waals surface area (Å²) >= 11 is 0. The quantitative estimate of drug-likeness (QED) is 0.158. The lowest BCUT2D eigenvalue weighted by atomic mass is 9.93. The minimum Gasteiger partial charge on any atom is -0.457 e. The Bertz CT molecular complexity index is 2550. The highest BCUT2D eigenvalue weighted by Gasteiger charge is 2.14. The van der Waals surface area contributed by atoms with E-state index in [1.165, 1.54) is 0 Å². The van der Waals surface area contributed by atoms with Crippen molar-refractivity contribution in [2.24, 2.45) is 9.98 Å². The van der Waals surface area contributed by atoms with Gasteiger partial charge in [-0.3, -0.25) is 0 Å². The molecule has 1 aliphatic rings. The second kappa shape index (κ2) is 16.0. The fourth-order valence-electron chi connectivity index (χ4n) is 6.60. The number of ether oxygens (including phenoxy) is 1. The van der Waals surface area contributed by atoms with Crippen LogP contribution in [0.4, 0.5) is 0 Å². The molecule has 0 N–H and O–H groups in total. The van der Waals surface area contributed by atoms with Crippen LogP contribution < -0.4 is 4.74 Å². The zero-order valence-electron chi connectivity index (χ0n) is 29.9. The molecule has 0 spiro atoms. The summed E-state index contributed by atoms with van der Waals surface area (Å²) in [5, 5.41) is 18.6. The first-order valence-corrected chi connectivity index (χ1v) is 18.1. The topological polar surface area (TPSA) is 81.5 Å². The maximum Gasteiger partial charge on any atom is 0.160 e. The van der Waals surface area contributed by atoms with E-state index in [1.54, 1.807) is 0 Å². The first kappa shape index (κ1) is 34.5. The summed E-state index contributed by atoms with van der Waals surface area (Å²) in [5.41, 5.74) is 12.4. The maximum absolute atomic E-state index is 9.32. The van der Waals surface area contributed by atoms with Crippen LogP contribution in [0.2, 0.25) is 0 Å². The van der Waals surface area contributed by atoms with Gasteiger partial charge in [0.05, 0.1) is 34.7 Å². The van der Waals surface area contributed by atoms with Crippen molar-refractivity contribution < 1.29 is 4.74 Å². The van der Waals surface area contributed by atoms with Crippen LogP contribution in [-0.2, 0) is 0 Å². The predicted molar refractivity (Wildman–Crippen MR) is 222 cm³/mol. The second-order valence-corrected chi connectivity index (χ2v) is 13.2. The minimum absolute atomic E-state index is 0.617. The fourth-order valence-corrected chi connectivity index (χ4v) is 6.60. The molecule has 0 radical (unpaired) electrons. The van der Waals surface area contributed by atoms with Crippen LogP contribution in [0, 0.1) is 22.7 Å². The number of benzene rings is 7. The zero-order chi connectivity index (χ0) is 37.4. The number of rotatable bonds is 8. The van der Waals surface area contributed by atoms with Crippen LogP contribution in [0.3, 0.4) is 0 Å². The van der Waals surface area contributed by atoms with Gasteiger partial charge in [0, 0.05) is 5.56 Å². The van der Waals surface area contributed by atoms with Crippen molar-refractivity contribution in [1.29, 1.82) is 10.5 Å². The summed E-state index contributed by atoms with van der Waals surface area (Å²) in [5.74, 6) is 2.09. The molecule has 0 unspecified atom stereocenters. The molecule has 260 valence electrons. The van der Waals surface area contributed by atoms with Crippen molar-refractivity contribution in [2.45, 2.75) is 12.8 Å². The smallest absolute Gasteiger partial charge is 0.160 e. The number of amidine groups is 1. The van der Waals surface area contributed by atoms with Crippen LogP contribution in [-0.4, -0.2) is 11.5 Å². The largest absolute Gasteiger partial charge is 0.457 e. The Morgan fingerprint density at radius 1 is 0.418 bits per heavy atom. The Morgan fingerprint density at radius 2 is 0.855 bits per heavy atom. The minimum atomic E-state index is 0.617. The Kier molecular flexibility index (Phi) is 10.0. The molecule has 0 saturated heterocycles. The lowest BCUT2D eigenvalue weighted by Gasteiger charge is -2.14. The molecule has 0 aliphatic carbocycles. The second-order valence-electron chi connectivity index (χ2n) is 13.2. The van der Waals surface area contributed by atoms with Gasteiger partial charge in [-0.25, -0.2) is 9.98 Å². The third kappa shape index (κ3) is 8.08. The van der Waals surface area contributed by atoms with Crippen LogP contribution >= 0.6 is 0 Å². The van der Waals surface area contributed by atoms with Crippen LogP contribution in [0.25, 0.3) is 39.1 Å². The van der Waals surface area contributed by atoms with Crippen molar-refractivity contribution in [1.82, 2.24) is 0 Å². The monoisotopic (exact) mass is 706 g/mol. The molecule has 0 aromatic heterocycles. The summed E-state index contributed by atoms with van der Waals surface area (Å²) < 4.78 is 6.33. The average molecular weight is 707 g/mol. The number of nitriles is 2. The predicted octanol–water partition coefficient (Wildman–Crippen LogP) is 12.3. The summed E-state index contributed by atoms with van der Waals surface area (Å²) in [6.07, 6.45) is 3.86. The molecule has 55 heavy (non-hydrogen) atoms. The number of allylic oxidation sites excluding steroid dienone is 1. The average Bonchev–Trinajstić information content (AvgIpc) is 3.25. The molecule has 5 heteroatoms. The molecular formula is C50H34N4O. The van der Waals surface area contributed by atoms with E-state index in [-0.39, 0.29) is 0 Å². The van der Waals surface area contributed by atoms with Gasteiger partial charge >= 0.3 is 0 Å².